The van der Waals surface area contributed by atoms with Crippen molar-refractivity contribution in [1.82, 2.24) is 9.88 Å². The summed E-state index contributed by atoms with van der Waals surface area (Å²) in [4.78, 5) is 6.68. The molecule has 1 saturated heterocycles. The second kappa shape index (κ2) is 7.57. The monoisotopic (exact) mass is 312 g/mol. The molecule has 2 atom stereocenters. The number of rotatable bonds is 5. The molecule has 0 unspecified atom stereocenters. The second-order valence-corrected chi connectivity index (χ2v) is 6.29. The molecule has 122 valence electrons. The molecule has 1 aliphatic rings. The van der Waals surface area contributed by atoms with Crippen molar-refractivity contribution in [3.05, 3.63) is 59.9 Å². The highest BCUT2D eigenvalue weighted by Gasteiger charge is 2.24. The summed E-state index contributed by atoms with van der Waals surface area (Å²) in [7, 11) is 0. The van der Waals surface area contributed by atoms with E-state index in [1.165, 1.54) is 5.56 Å². The fraction of sp³-hybridized carbons (Fsp3) is 0.421. The Bertz CT molecular complexity index is 618. The Morgan fingerprint density at radius 2 is 2.04 bits per heavy atom. The lowest BCUT2D eigenvalue weighted by Crippen LogP contribution is -2.41. The summed E-state index contributed by atoms with van der Waals surface area (Å²) in [6.45, 7) is 5.30. The minimum absolute atomic E-state index is 0.165. The van der Waals surface area contributed by atoms with Crippen molar-refractivity contribution in [3.63, 3.8) is 0 Å². The van der Waals surface area contributed by atoms with Crippen molar-refractivity contribution in [3.8, 4) is 5.75 Å². The van der Waals surface area contributed by atoms with Crippen LogP contribution < -0.4 is 4.74 Å². The van der Waals surface area contributed by atoms with E-state index in [1.54, 1.807) is 6.20 Å². The summed E-state index contributed by atoms with van der Waals surface area (Å²) in [5.74, 6) is 1.24. The molecule has 1 aliphatic heterocycles. The molecule has 2 heterocycles. The number of benzene rings is 1. The molecule has 4 heteroatoms. The number of nitrogens with zero attached hydrogens (tertiary/aromatic N) is 2. The number of aliphatic hydroxyl groups is 1. The Hall–Kier alpha value is -1.91. The molecule has 0 bridgehead atoms. The lowest BCUT2D eigenvalue weighted by molar-refractivity contribution is 0.0317. The van der Waals surface area contributed by atoms with Crippen LogP contribution in [-0.4, -0.2) is 34.2 Å². The highest BCUT2D eigenvalue weighted by Crippen LogP contribution is 2.24. The number of aromatic nitrogens is 1. The molecule has 1 aromatic heterocycles. The fourth-order valence-electron chi connectivity index (χ4n) is 3.01. The lowest BCUT2D eigenvalue weighted by Gasteiger charge is -2.34. The Morgan fingerprint density at radius 1 is 1.22 bits per heavy atom. The van der Waals surface area contributed by atoms with E-state index in [0.29, 0.717) is 12.5 Å². The number of para-hydroxylation sites is 1. The minimum atomic E-state index is -0.165. The van der Waals surface area contributed by atoms with Crippen LogP contribution in [0.2, 0.25) is 0 Å². The summed E-state index contributed by atoms with van der Waals surface area (Å²) in [6.07, 6.45) is 2.46. The maximum atomic E-state index is 9.87. The van der Waals surface area contributed by atoms with Gasteiger partial charge in [0.15, 0.2) is 0 Å². The highest BCUT2D eigenvalue weighted by atomic mass is 16.5. The van der Waals surface area contributed by atoms with Gasteiger partial charge in [-0.25, -0.2) is 0 Å². The van der Waals surface area contributed by atoms with E-state index in [-0.39, 0.29) is 6.10 Å². The number of aliphatic hydroxyl groups excluding tert-OH is 1. The summed E-state index contributed by atoms with van der Waals surface area (Å²) < 4.78 is 5.97. The van der Waals surface area contributed by atoms with Gasteiger partial charge in [-0.1, -0.05) is 31.2 Å². The minimum Gasteiger partial charge on any atom is -0.487 e. The largest absolute Gasteiger partial charge is 0.487 e. The fourth-order valence-corrected chi connectivity index (χ4v) is 3.01. The predicted molar refractivity (Wildman–Crippen MR) is 90.1 cm³/mol. The first kappa shape index (κ1) is 16.0. The molecule has 3 rings (SSSR count). The highest BCUT2D eigenvalue weighted by molar-refractivity contribution is 5.33. The van der Waals surface area contributed by atoms with Crippen LogP contribution in [0.15, 0.2) is 48.7 Å². The van der Waals surface area contributed by atoms with Crippen LogP contribution in [-0.2, 0) is 13.2 Å². The number of hydrogen-bond donors (Lipinski definition) is 1. The van der Waals surface area contributed by atoms with Crippen molar-refractivity contribution in [1.29, 1.82) is 0 Å². The molecule has 0 spiro atoms. The summed E-state index contributed by atoms with van der Waals surface area (Å²) in [5.41, 5.74) is 2.11. The van der Waals surface area contributed by atoms with Crippen LogP contribution in [0, 0.1) is 5.92 Å². The molecule has 1 fully saturated rings. The number of hydrogen-bond acceptors (Lipinski definition) is 4. The number of piperidine rings is 1. The first-order chi connectivity index (χ1) is 11.2. The van der Waals surface area contributed by atoms with Crippen LogP contribution >= 0.6 is 0 Å². The Labute approximate surface area is 137 Å². The summed E-state index contributed by atoms with van der Waals surface area (Å²) >= 11 is 0. The van der Waals surface area contributed by atoms with E-state index < -0.39 is 0 Å². The van der Waals surface area contributed by atoms with Crippen molar-refractivity contribution >= 4 is 0 Å². The summed E-state index contributed by atoms with van der Waals surface area (Å²) in [6, 6.07) is 14.0. The molecule has 0 amide bonds. The molecule has 1 aromatic carbocycles. The maximum Gasteiger partial charge on any atom is 0.130 e. The molecular weight excluding hydrogens is 288 g/mol. The summed E-state index contributed by atoms with van der Waals surface area (Å²) in [5, 5.41) is 9.87. The third kappa shape index (κ3) is 4.30. The van der Waals surface area contributed by atoms with Gasteiger partial charge >= 0.3 is 0 Å². The predicted octanol–water partition coefficient (Wildman–Crippen LogP) is 2.86. The van der Waals surface area contributed by atoms with Crippen molar-refractivity contribution in [2.75, 3.05) is 13.1 Å². The molecule has 2 aromatic rings. The molecule has 4 nitrogen and oxygen atoms in total. The average Bonchev–Trinajstić information content (AvgIpc) is 2.58. The van der Waals surface area contributed by atoms with Gasteiger partial charge in [0.1, 0.15) is 12.4 Å². The van der Waals surface area contributed by atoms with Crippen LogP contribution in [0.1, 0.15) is 24.6 Å². The van der Waals surface area contributed by atoms with Crippen molar-refractivity contribution < 1.29 is 9.84 Å². The Balaban J connectivity index is 1.64. The van der Waals surface area contributed by atoms with E-state index in [4.69, 9.17) is 4.74 Å². The molecule has 0 radical (unpaired) electrons. The first-order valence-electron chi connectivity index (χ1n) is 8.23. The van der Waals surface area contributed by atoms with Crippen molar-refractivity contribution in [2.45, 2.75) is 32.6 Å². The van der Waals surface area contributed by atoms with Gasteiger partial charge in [0.25, 0.3) is 0 Å². The number of ether oxygens (including phenoxy) is 1. The first-order valence-corrected chi connectivity index (χ1v) is 8.23. The Kier molecular flexibility index (Phi) is 5.26. The van der Waals surface area contributed by atoms with Gasteiger partial charge in [0, 0.05) is 31.4 Å². The zero-order valence-electron chi connectivity index (χ0n) is 13.6. The molecule has 0 aliphatic carbocycles. The van der Waals surface area contributed by atoms with E-state index in [2.05, 4.69) is 22.9 Å². The molecule has 23 heavy (non-hydrogen) atoms. The Morgan fingerprint density at radius 3 is 2.83 bits per heavy atom. The second-order valence-electron chi connectivity index (χ2n) is 6.29. The van der Waals surface area contributed by atoms with Crippen molar-refractivity contribution in [2.24, 2.45) is 5.92 Å². The third-order valence-electron chi connectivity index (χ3n) is 4.41. The standard InChI is InChI=1S/C19H24N2O2/c1-15-12-21(11-9-18(15)22)13-16-6-2-3-8-19(16)23-14-17-7-4-5-10-20-17/h2-8,10,15,18,22H,9,11-14H2,1H3/t15-,18-/m1/s1. The zero-order chi connectivity index (χ0) is 16.1. The van der Waals surface area contributed by atoms with Crippen LogP contribution in [0.3, 0.4) is 0 Å². The lowest BCUT2D eigenvalue weighted by atomic mass is 9.96. The zero-order valence-corrected chi connectivity index (χ0v) is 13.6. The van der Waals surface area contributed by atoms with E-state index in [0.717, 1.165) is 37.5 Å². The quantitative estimate of drug-likeness (QED) is 0.922. The number of likely N-dealkylation sites (tertiary alicyclic amines) is 1. The number of pyridine rings is 1. The van der Waals surface area contributed by atoms with Gasteiger partial charge in [0.2, 0.25) is 0 Å². The topological polar surface area (TPSA) is 45.6 Å². The van der Waals surface area contributed by atoms with E-state index in [9.17, 15) is 5.11 Å². The SMILES string of the molecule is C[C@@H]1CN(Cc2ccccc2OCc2ccccn2)CC[C@H]1O. The van der Waals surface area contributed by atoms with Crippen LogP contribution in [0.4, 0.5) is 0 Å². The van der Waals surface area contributed by atoms with E-state index in [1.807, 2.05) is 36.4 Å². The van der Waals surface area contributed by atoms with Gasteiger partial charge < -0.3 is 9.84 Å². The van der Waals surface area contributed by atoms with Gasteiger partial charge in [-0.2, -0.15) is 0 Å². The molecule has 1 N–H and O–H groups in total. The van der Waals surface area contributed by atoms with E-state index >= 15 is 0 Å². The smallest absolute Gasteiger partial charge is 0.130 e. The van der Waals surface area contributed by atoms with Crippen LogP contribution in [0.5, 0.6) is 5.75 Å². The van der Waals surface area contributed by atoms with Gasteiger partial charge in [-0.15, -0.1) is 0 Å². The molecular formula is C19H24N2O2. The van der Waals surface area contributed by atoms with Gasteiger partial charge in [-0.3, -0.25) is 9.88 Å². The van der Waals surface area contributed by atoms with Gasteiger partial charge in [0.05, 0.1) is 11.8 Å². The third-order valence-corrected chi connectivity index (χ3v) is 4.41. The van der Waals surface area contributed by atoms with Crippen LogP contribution in [0.25, 0.3) is 0 Å². The van der Waals surface area contributed by atoms with Gasteiger partial charge in [-0.05, 0) is 30.5 Å². The maximum absolute atomic E-state index is 9.87. The average molecular weight is 312 g/mol. The molecule has 0 saturated carbocycles. The normalized spacial score (nSPS) is 22.0.